The van der Waals surface area contributed by atoms with Crippen molar-refractivity contribution in [2.75, 3.05) is 24.2 Å². The van der Waals surface area contributed by atoms with Crippen molar-refractivity contribution in [1.82, 2.24) is 15.3 Å². The highest BCUT2D eigenvalue weighted by Crippen LogP contribution is 2.38. The third-order valence-corrected chi connectivity index (χ3v) is 3.77. The van der Waals surface area contributed by atoms with Gasteiger partial charge in [-0.25, -0.2) is 9.97 Å². The molecule has 0 spiro atoms. The Labute approximate surface area is 125 Å². The van der Waals surface area contributed by atoms with E-state index in [1.54, 1.807) is 0 Å². The molecule has 0 aliphatic heterocycles. The first-order chi connectivity index (χ1) is 10.2. The van der Waals surface area contributed by atoms with Gasteiger partial charge in [-0.1, -0.05) is 0 Å². The molecule has 0 atom stereocenters. The van der Waals surface area contributed by atoms with Crippen molar-refractivity contribution in [3.8, 4) is 0 Å². The van der Waals surface area contributed by atoms with Crippen LogP contribution in [0.2, 0.25) is 0 Å². The van der Waals surface area contributed by atoms with E-state index in [1.165, 1.54) is 12.8 Å². The van der Waals surface area contributed by atoms with Crippen LogP contribution in [-0.4, -0.2) is 35.5 Å². The van der Waals surface area contributed by atoms with Gasteiger partial charge in [0, 0.05) is 38.0 Å². The molecule has 0 bridgehead atoms. The van der Waals surface area contributed by atoms with Crippen molar-refractivity contribution in [3.05, 3.63) is 11.9 Å². The van der Waals surface area contributed by atoms with Crippen LogP contribution in [0.5, 0.6) is 0 Å². The Hall–Kier alpha value is -1.85. The molecule has 2 aliphatic carbocycles. The summed E-state index contributed by atoms with van der Waals surface area (Å²) < 4.78 is 0. The summed E-state index contributed by atoms with van der Waals surface area (Å²) in [6.07, 6.45) is 6.05. The maximum absolute atomic E-state index is 11.6. The number of anilines is 2. The first kappa shape index (κ1) is 14.1. The molecule has 21 heavy (non-hydrogen) atoms. The summed E-state index contributed by atoms with van der Waals surface area (Å²) in [5, 5.41) is 9.37. The Morgan fingerprint density at radius 2 is 2.00 bits per heavy atom. The van der Waals surface area contributed by atoms with Crippen molar-refractivity contribution in [2.45, 2.75) is 50.5 Å². The highest BCUT2D eigenvalue weighted by molar-refractivity contribution is 5.76. The van der Waals surface area contributed by atoms with E-state index in [9.17, 15) is 4.79 Å². The van der Waals surface area contributed by atoms with Crippen LogP contribution < -0.4 is 16.0 Å². The lowest BCUT2D eigenvalue weighted by Crippen LogP contribution is -2.25. The van der Waals surface area contributed by atoms with Crippen LogP contribution in [0, 0.1) is 0 Å². The van der Waals surface area contributed by atoms with Gasteiger partial charge < -0.3 is 16.0 Å². The highest BCUT2D eigenvalue weighted by Gasteiger charge is 2.27. The van der Waals surface area contributed by atoms with Gasteiger partial charge in [-0.05, 0) is 32.1 Å². The number of aromatic nitrogens is 2. The number of amides is 1. The summed E-state index contributed by atoms with van der Waals surface area (Å²) in [6, 6.07) is 2.36. The minimum atomic E-state index is 0.163. The van der Waals surface area contributed by atoms with Crippen molar-refractivity contribution in [3.63, 3.8) is 0 Å². The molecule has 2 saturated carbocycles. The van der Waals surface area contributed by atoms with Gasteiger partial charge in [-0.3, -0.25) is 4.79 Å². The Balaban J connectivity index is 1.45. The van der Waals surface area contributed by atoms with Gasteiger partial charge in [0.1, 0.15) is 17.5 Å². The van der Waals surface area contributed by atoms with Crippen LogP contribution in [0.3, 0.4) is 0 Å². The molecule has 0 unspecified atom stereocenters. The van der Waals surface area contributed by atoms with Crippen LogP contribution in [0.25, 0.3) is 0 Å². The fraction of sp³-hybridized carbons (Fsp3) is 0.667. The minimum absolute atomic E-state index is 0.163. The molecule has 1 amide bonds. The predicted octanol–water partition coefficient (Wildman–Crippen LogP) is 1.87. The molecule has 0 radical (unpaired) electrons. The second kappa shape index (κ2) is 6.28. The standard InChI is InChI=1S/C15H23N5O/c1-16-12-9-13(20-15(19-12)10-4-5-10)17-8-2-3-14(21)18-11-6-7-11/h9-11H,2-8H2,1H3,(H,18,21)(H2,16,17,19,20). The molecule has 3 rings (SSSR count). The number of nitrogens with one attached hydrogen (secondary N) is 3. The second-order valence-corrected chi connectivity index (χ2v) is 5.89. The molecule has 0 aromatic carbocycles. The maximum atomic E-state index is 11.6. The van der Waals surface area contributed by atoms with Crippen LogP contribution >= 0.6 is 0 Å². The summed E-state index contributed by atoms with van der Waals surface area (Å²) in [5.74, 6) is 3.32. The Kier molecular flexibility index (Phi) is 4.22. The maximum Gasteiger partial charge on any atom is 0.220 e. The average Bonchev–Trinajstić information content (AvgIpc) is 3.36. The fourth-order valence-electron chi connectivity index (χ4n) is 2.20. The average molecular weight is 289 g/mol. The molecule has 1 heterocycles. The first-order valence-electron chi connectivity index (χ1n) is 7.84. The lowest BCUT2D eigenvalue weighted by molar-refractivity contribution is -0.121. The monoisotopic (exact) mass is 289 g/mol. The molecule has 114 valence electrons. The molecular weight excluding hydrogens is 266 g/mol. The molecule has 2 fully saturated rings. The number of nitrogens with zero attached hydrogens (tertiary/aromatic N) is 2. The van der Waals surface area contributed by atoms with Gasteiger partial charge in [0.05, 0.1) is 0 Å². The number of hydrogen-bond acceptors (Lipinski definition) is 5. The van der Waals surface area contributed by atoms with Gasteiger partial charge >= 0.3 is 0 Å². The summed E-state index contributed by atoms with van der Waals surface area (Å²) in [7, 11) is 1.87. The lowest BCUT2D eigenvalue weighted by Gasteiger charge is -2.09. The van der Waals surface area contributed by atoms with Crippen LogP contribution in [0.15, 0.2) is 6.07 Å². The smallest absolute Gasteiger partial charge is 0.220 e. The van der Waals surface area contributed by atoms with Gasteiger partial charge in [0.25, 0.3) is 0 Å². The predicted molar refractivity (Wildman–Crippen MR) is 82.4 cm³/mol. The third kappa shape index (κ3) is 4.31. The summed E-state index contributed by atoms with van der Waals surface area (Å²) in [4.78, 5) is 20.6. The fourth-order valence-corrected chi connectivity index (χ4v) is 2.20. The third-order valence-electron chi connectivity index (χ3n) is 3.77. The quantitative estimate of drug-likeness (QED) is 0.637. The largest absolute Gasteiger partial charge is 0.373 e. The van der Waals surface area contributed by atoms with E-state index in [-0.39, 0.29) is 5.91 Å². The van der Waals surface area contributed by atoms with E-state index in [0.29, 0.717) is 18.4 Å². The second-order valence-electron chi connectivity index (χ2n) is 5.89. The molecule has 2 aliphatic rings. The molecule has 1 aromatic heterocycles. The Morgan fingerprint density at radius 3 is 2.67 bits per heavy atom. The van der Waals surface area contributed by atoms with Gasteiger partial charge in [-0.15, -0.1) is 0 Å². The number of carbonyl (C=O) groups excluding carboxylic acids is 1. The molecule has 0 saturated heterocycles. The molecular formula is C15H23N5O. The number of carbonyl (C=O) groups is 1. The van der Waals surface area contributed by atoms with Crippen molar-refractivity contribution < 1.29 is 4.79 Å². The van der Waals surface area contributed by atoms with E-state index >= 15 is 0 Å². The number of rotatable bonds is 8. The summed E-state index contributed by atoms with van der Waals surface area (Å²) >= 11 is 0. The normalized spacial score (nSPS) is 17.4. The van der Waals surface area contributed by atoms with Crippen LogP contribution in [0.1, 0.15) is 50.3 Å². The lowest BCUT2D eigenvalue weighted by atomic mass is 10.3. The Bertz CT molecular complexity index is 511. The zero-order valence-corrected chi connectivity index (χ0v) is 12.5. The van der Waals surface area contributed by atoms with E-state index in [1.807, 2.05) is 13.1 Å². The van der Waals surface area contributed by atoms with Crippen LogP contribution in [0.4, 0.5) is 11.6 Å². The summed E-state index contributed by atoms with van der Waals surface area (Å²) in [5.41, 5.74) is 0. The van der Waals surface area contributed by atoms with Crippen LogP contribution in [-0.2, 0) is 4.79 Å². The van der Waals surface area contributed by atoms with E-state index in [0.717, 1.165) is 43.3 Å². The molecule has 3 N–H and O–H groups in total. The first-order valence-corrected chi connectivity index (χ1v) is 7.84. The molecule has 6 nitrogen and oxygen atoms in total. The SMILES string of the molecule is CNc1cc(NCCCC(=O)NC2CC2)nc(C2CC2)n1. The van der Waals surface area contributed by atoms with Crippen molar-refractivity contribution in [2.24, 2.45) is 0 Å². The van der Waals surface area contributed by atoms with Crippen molar-refractivity contribution >= 4 is 17.5 Å². The number of hydrogen-bond donors (Lipinski definition) is 3. The van der Waals surface area contributed by atoms with E-state index in [2.05, 4.69) is 25.9 Å². The van der Waals surface area contributed by atoms with E-state index < -0.39 is 0 Å². The van der Waals surface area contributed by atoms with Gasteiger partial charge in [-0.2, -0.15) is 0 Å². The summed E-state index contributed by atoms with van der Waals surface area (Å²) in [6.45, 7) is 0.752. The topological polar surface area (TPSA) is 78.9 Å². The zero-order valence-electron chi connectivity index (χ0n) is 12.5. The molecule has 1 aromatic rings. The minimum Gasteiger partial charge on any atom is -0.373 e. The molecule has 6 heteroatoms. The highest BCUT2D eigenvalue weighted by atomic mass is 16.1. The van der Waals surface area contributed by atoms with Crippen molar-refractivity contribution in [1.29, 1.82) is 0 Å². The zero-order chi connectivity index (χ0) is 14.7. The Morgan fingerprint density at radius 1 is 1.24 bits per heavy atom. The van der Waals surface area contributed by atoms with E-state index in [4.69, 9.17) is 0 Å². The van der Waals surface area contributed by atoms with Gasteiger partial charge in [0.15, 0.2) is 0 Å². The van der Waals surface area contributed by atoms with Gasteiger partial charge in [0.2, 0.25) is 5.91 Å².